The SMILES string of the molecule is CC1(OC(=O)N2CC3COCC(C2)C3Oc2ncnc(Oc3ccc(F)cc3F)c2F)CC1. The van der Waals surface area contributed by atoms with E-state index in [1.165, 1.54) is 0 Å². The number of amides is 1. The first-order valence-corrected chi connectivity index (χ1v) is 10.7. The summed E-state index contributed by atoms with van der Waals surface area (Å²) in [5.41, 5.74) is -0.374. The molecule has 1 aromatic carbocycles. The standard InChI is InChI=1S/C22H22F3N3O5/c1-22(4-5-22)33-21(29)28-7-12-9-30-10-13(8-28)18(12)32-20-17(25)19(26-11-27-20)31-16-3-2-14(23)6-15(16)24/h2-3,6,11-13,18H,4-5,7-10H2,1H3. The minimum atomic E-state index is -1.01. The molecule has 3 aliphatic rings. The summed E-state index contributed by atoms with van der Waals surface area (Å²) in [5, 5.41) is 0. The van der Waals surface area contributed by atoms with Gasteiger partial charge in [0.15, 0.2) is 11.6 Å². The number of aromatic nitrogens is 2. The Morgan fingerprint density at radius 3 is 2.48 bits per heavy atom. The van der Waals surface area contributed by atoms with Crippen molar-refractivity contribution in [3.8, 4) is 17.5 Å². The predicted molar refractivity (Wildman–Crippen MR) is 106 cm³/mol. The summed E-state index contributed by atoms with van der Waals surface area (Å²) in [6.45, 7) is 3.25. The molecule has 1 aliphatic carbocycles. The molecule has 2 atom stereocenters. The van der Waals surface area contributed by atoms with Gasteiger partial charge in [0, 0.05) is 31.0 Å². The van der Waals surface area contributed by atoms with Crippen LogP contribution in [0.1, 0.15) is 19.8 Å². The first-order chi connectivity index (χ1) is 15.8. The second kappa shape index (κ2) is 8.36. The van der Waals surface area contributed by atoms with Gasteiger partial charge in [-0.1, -0.05) is 0 Å². The smallest absolute Gasteiger partial charge is 0.410 e. The fourth-order valence-corrected chi connectivity index (χ4v) is 4.08. The highest BCUT2D eigenvalue weighted by atomic mass is 19.1. The third-order valence-corrected chi connectivity index (χ3v) is 6.12. The van der Waals surface area contributed by atoms with Crippen LogP contribution in [-0.2, 0) is 9.47 Å². The molecule has 33 heavy (non-hydrogen) atoms. The maximum absolute atomic E-state index is 15.0. The Labute approximate surface area is 187 Å². The van der Waals surface area contributed by atoms with Gasteiger partial charge in [-0.3, -0.25) is 0 Å². The van der Waals surface area contributed by atoms with E-state index in [1.807, 2.05) is 6.92 Å². The van der Waals surface area contributed by atoms with Gasteiger partial charge < -0.3 is 23.8 Å². The summed E-state index contributed by atoms with van der Waals surface area (Å²) in [6, 6.07) is 2.64. The molecule has 2 unspecified atom stereocenters. The Bertz CT molecular complexity index is 1050. The monoisotopic (exact) mass is 465 g/mol. The average molecular weight is 465 g/mol. The molecule has 2 saturated heterocycles. The maximum Gasteiger partial charge on any atom is 0.410 e. The van der Waals surface area contributed by atoms with Gasteiger partial charge in [-0.25, -0.2) is 13.6 Å². The number of halogens is 3. The van der Waals surface area contributed by atoms with Crippen LogP contribution in [0.15, 0.2) is 24.5 Å². The number of ether oxygens (including phenoxy) is 4. The molecule has 2 aromatic rings. The quantitative estimate of drug-likeness (QED) is 0.666. The van der Waals surface area contributed by atoms with E-state index in [0.29, 0.717) is 32.4 Å². The minimum absolute atomic E-state index is 0.217. The predicted octanol–water partition coefficient (Wildman–Crippen LogP) is 3.70. The molecule has 11 heteroatoms. The zero-order chi connectivity index (χ0) is 23.2. The van der Waals surface area contributed by atoms with E-state index < -0.39 is 29.4 Å². The maximum atomic E-state index is 15.0. The largest absolute Gasteiger partial charge is 0.471 e. The highest BCUT2D eigenvalue weighted by molar-refractivity contribution is 5.68. The fourth-order valence-electron chi connectivity index (χ4n) is 4.08. The number of likely N-dealkylation sites (tertiary alicyclic amines) is 1. The summed E-state index contributed by atoms with van der Waals surface area (Å²) < 4.78 is 64.3. The molecule has 0 spiro atoms. The molecule has 3 fully saturated rings. The van der Waals surface area contributed by atoms with Gasteiger partial charge in [0.2, 0.25) is 5.82 Å². The van der Waals surface area contributed by atoms with Crippen molar-refractivity contribution in [3.63, 3.8) is 0 Å². The first-order valence-electron chi connectivity index (χ1n) is 10.7. The van der Waals surface area contributed by atoms with Gasteiger partial charge in [0.1, 0.15) is 23.8 Å². The topological polar surface area (TPSA) is 83.0 Å². The Kier molecular flexibility index (Phi) is 5.51. The average Bonchev–Trinajstić information content (AvgIpc) is 3.48. The molecule has 8 nitrogen and oxygen atoms in total. The van der Waals surface area contributed by atoms with E-state index in [4.69, 9.17) is 18.9 Å². The number of hydrogen-bond acceptors (Lipinski definition) is 7. The second-order valence-corrected chi connectivity index (χ2v) is 8.84. The number of fused-ring (bicyclic) bond motifs is 2. The Morgan fingerprint density at radius 1 is 1.12 bits per heavy atom. The molecule has 0 N–H and O–H groups in total. The van der Waals surface area contributed by atoms with Gasteiger partial charge in [-0.2, -0.15) is 14.4 Å². The third-order valence-electron chi connectivity index (χ3n) is 6.12. The molecule has 2 bridgehead atoms. The van der Waals surface area contributed by atoms with Gasteiger partial charge in [-0.15, -0.1) is 0 Å². The van der Waals surface area contributed by atoms with Crippen LogP contribution in [0.25, 0.3) is 0 Å². The lowest BCUT2D eigenvalue weighted by Crippen LogP contribution is -2.59. The van der Waals surface area contributed by atoms with Crippen molar-refractivity contribution in [2.45, 2.75) is 31.5 Å². The summed E-state index contributed by atoms with van der Waals surface area (Å²) in [5.74, 6) is -4.53. The van der Waals surface area contributed by atoms with Crippen LogP contribution in [0.5, 0.6) is 17.5 Å². The Balaban J connectivity index is 1.30. The van der Waals surface area contributed by atoms with Crippen molar-refractivity contribution in [1.82, 2.24) is 14.9 Å². The van der Waals surface area contributed by atoms with E-state index >= 15 is 4.39 Å². The van der Waals surface area contributed by atoms with Crippen molar-refractivity contribution in [2.75, 3.05) is 26.3 Å². The number of piperidine rings is 1. The molecule has 5 rings (SSSR count). The molecular weight excluding hydrogens is 443 g/mol. The lowest BCUT2D eigenvalue weighted by atomic mass is 9.84. The van der Waals surface area contributed by atoms with Crippen LogP contribution in [0.2, 0.25) is 0 Å². The minimum Gasteiger partial charge on any atom is -0.471 e. The Hall–Kier alpha value is -3.08. The molecule has 1 aromatic heterocycles. The number of nitrogens with zero attached hydrogens (tertiary/aromatic N) is 3. The molecule has 176 valence electrons. The van der Waals surface area contributed by atoms with E-state index in [9.17, 15) is 13.6 Å². The van der Waals surface area contributed by atoms with Crippen LogP contribution in [-0.4, -0.2) is 59.0 Å². The van der Waals surface area contributed by atoms with Crippen LogP contribution in [0, 0.1) is 29.3 Å². The third kappa shape index (κ3) is 4.54. The molecule has 3 heterocycles. The first kappa shape index (κ1) is 21.7. The molecule has 2 aliphatic heterocycles. The molecule has 1 saturated carbocycles. The van der Waals surface area contributed by atoms with Crippen molar-refractivity contribution in [1.29, 1.82) is 0 Å². The number of carbonyl (C=O) groups excluding carboxylic acids is 1. The zero-order valence-electron chi connectivity index (χ0n) is 17.8. The zero-order valence-corrected chi connectivity index (χ0v) is 17.8. The van der Waals surface area contributed by atoms with E-state index in [-0.39, 0.29) is 35.2 Å². The van der Waals surface area contributed by atoms with Crippen molar-refractivity contribution < 1.29 is 36.9 Å². The van der Waals surface area contributed by atoms with Crippen molar-refractivity contribution in [3.05, 3.63) is 42.0 Å². The lowest BCUT2D eigenvalue weighted by Gasteiger charge is -2.45. The number of carbonyl (C=O) groups is 1. The van der Waals surface area contributed by atoms with E-state index in [2.05, 4.69) is 9.97 Å². The number of hydrogen-bond donors (Lipinski definition) is 0. The van der Waals surface area contributed by atoms with Crippen LogP contribution in [0.4, 0.5) is 18.0 Å². The Morgan fingerprint density at radius 2 is 1.82 bits per heavy atom. The molecule has 0 radical (unpaired) electrons. The summed E-state index contributed by atoms with van der Waals surface area (Å²) in [4.78, 5) is 21.7. The van der Waals surface area contributed by atoms with Crippen LogP contribution >= 0.6 is 0 Å². The lowest BCUT2D eigenvalue weighted by molar-refractivity contribution is -0.112. The fraction of sp³-hybridized carbons (Fsp3) is 0.500. The van der Waals surface area contributed by atoms with Crippen molar-refractivity contribution >= 4 is 6.09 Å². The van der Waals surface area contributed by atoms with Gasteiger partial charge in [-0.05, 0) is 31.9 Å². The van der Waals surface area contributed by atoms with Crippen LogP contribution < -0.4 is 9.47 Å². The van der Waals surface area contributed by atoms with Crippen LogP contribution in [0.3, 0.4) is 0 Å². The second-order valence-electron chi connectivity index (χ2n) is 8.84. The van der Waals surface area contributed by atoms with E-state index in [0.717, 1.165) is 31.3 Å². The van der Waals surface area contributed by atoms with Crippen molar-refractivity contribution in [2.24, 2.45) is 11.8 Å². The number of rotatable bonds is 5. The highest BCUT2D eigenvalue weighted by Gasteiger charge is 2.47. The normalized spacial score (nSPS) is 25.3. The van der Waals surface area contributed by atoms with Gasteiger partial charge >= 0.3 is 6.09 Å². The summed E-state index contributed by atoms with van der Waals surface area (Å²) in [7, 11) is 0. The number of benzene rings is 1. The summed E-state index contributed by atoms with van der Waals surface area (Å²) >= 11 is 0. The highest BCUT2D eigenvalue weighted by Crippen LogP contribution is 2.40. The summed E-state index contributed by atoms with van der Waals surface area (Å²) in [6.07, 6.45) is 1.92. The van der Waals surface area contributed by atoms with Gasteiger partial charge in [0.05, 0.1) is 13.2 Å². The molecule has 1 amide bonds. The molecular formula is C22H22F3N3O5. The van der Waals surface area contributed by atoms with E-state index in [1.54, 1.807) is 4.90 Å². The van der Waals surface area contributed by atoms with Gasteiger partial charge in [0.25, 0.3) is 11.8 Å².